The summed E-state index contributed by atoms with van der Waals surface area (Å²) in [4.78, 5) is 8.51. The Morgan fingerprint density at radius 3 is 2.47 bits per heavy atom. The fraction of sp³-hybridized carbons (Fsp3) is 0.458. The lowest BCUT2D eigenvalue weighted by Crippen LogP contribution is -2.44. The SMILES string of the molecule is CN=C(NCc1ccccc1CN1CCOCC1)NC1CCN(c2c(F)cccc2F)C1. The Balaban J connectivity index is 1.32. The fourth-order valence-corrected chi connectivity index (χ4v) is 4.32. The topological polar surface area (TPSA) is 52.1 Å². The predicted octanol–water partition coefficient (Wildman–Crippen LogP) is 2.74. The van der Waals surface area contributed by atoms with Gasteiger partial charge in [-0.3, -0.25) is 9.89 Å². The van der Waals surface area contributed by atoms with E-state index in [1.54, 1.807) is 11.9 Å². The Labute approximate surface area is 188 Å². The highest BCUT2D eigenvalue weighted by molar-refractivity contribution is 5.80. The van der Waals surface area contributed by atoms with Crippen LogP contribution in [-0.2, 0) is 17.8 Å². The first-order chi connectivity index (χ1) is 15.6. The number of nitrogens with zero attached hydrogens (tertiary/aromatic N) is 3. The number of morpholine rings is 1. The number of anilines is 1. The summed E-state index contributed by atoms with van der Waals surface area (Å²) in [6.07, 6.45) is 0.780. The van der Waals surface area contributed by atoms with Gasteiger partial charge in [-0.1, -0.05) is 30.3 Å². The molecule has 1 unspecified atom stereocenters. The van der Waals surface area contributed by atoms with E-state index < -0.39 is 11.6 Å². The van der Waals surface area contributed by atoms with Crippen LogP contribution in [0.5, 0.6) is 0 Å². The van der Waals surface area contributed by atoms with Gasteiger partial charge in [0.2, 0.25) is 0 Å². The molecule has 2 N–H and O–H groups in total. The van der Waals surface area contributed by atoms with Crippen LogP contribution in [0.4, 0.5) is 14.5 Å². The largest absolute Gasteiger partial charge is 0.379 e. The second-order valence-electron chi connectivity index (χ2n) is 8.23. The molecule has 0 spiro atoms. The van der Waals surface area contributed by atoms with Crippen LogP contribution in [0, 0.1) is 11.6 Å². The van der Waals surface area contributed by atoms with E-state index in [2.05, 4.69) is 38.7 Å². The third-order valence-electron chi connectivity index (χ3n) is 6.07. The van der Waals surface area contributed by atoms with Gasteiger partial charge in [-0.2, -0.15) is 0 Å². The summed E-state index contributed by atoms with van der Waals surface area (Å²) in [7, 11) is 1.73. The number of para-hydroxylation sites is 1. The molecule has 2 aromatic carbocycles. The Morgan fingerprint density at radius 2 is 1.75 bits per heavy atom. The zero-order chi connectivity index (χ0) is 22.3. The maximum absolute atomic E-state index is 14.1. The highest BCUT2D eigenvalue weighted by Gasteiger charge is 2.27. The molecular formula is C24H31F2N5O. The van der Waals surface area contributed by atoms with Crippen molar-refractivity contribution in [2.75, 3.05) is 51.3 Å². The Bertz CT molecular complexity index is 912. The molecule has 2 aliphatic rings. The van der Waals surface area contributed by atoms with Crippen LogP contribution in [0.25, 0.3) is 0 Å². The van der Waals surface area contributed by atoms with E-state index in [1.165, 1.54) is 29.3 Å². The van der Waals surface area contributed by atoms with Gasteiger partial charge in [0, 0.05) is 52.4 Å². The Morgan fingerprint density at radius 1 is 1.03 bits per heavy atom. The van der Waals surface area contributed by atoms with Gasteiger partial charge in [0.05, 0.1) is 13.2 Å². The van der Waals surface area contributed by atoms with Gasteiger partial charge in [0.25, 0.3) is 0 Å². The minimum atomic E-state index is -0.523. The van der Waals surface area contributed by atoms with Crippen molar-refractivity contribution in [1.29, 1.82) is 0 Å². The number of guanidine groups is 1. The van der Waals surface area contributed by atoms with Gasteiger partial charge >= 0.3 is 0 Å². The average molecular weight is 444 g/mol. The van der Waals surface area contributed by atoms with Crippen molar-refractivity contribution in [3.8, 4) is 0 Å². The highest BCUT2D eigenvalue weighted by Crippen LogP contribution is 2.26. The van der Waals surface area contributed by atoms with Crippen LogP contribution >= 0.6 is 0 Å². The van der Waals surface area contributed by atoms with Crippen LogP contribution in [0.2, 0.25) is 0 Å². The van der Waals surface area contributed by atoms with Gasteiger partial charge in [0.1, 0.15) is 17.3 Å². The molecule has 0 amide bonds. The number of halogens is 2. The summed E-state index contributed by atoms with van der Waals surface area (Å²) in [5.41, 5.74) is 2.57. The zero-order valence-corrected chi connectivity index (χ0v) is 18.5. The van der Waals surface area contributed by atoms with E-state index in [4.69, 9.17) is 4.74 Å². The molecule has 2 aromatic rings. The fourth-order valence-electron chi connectivity index (χ4n) is 4.32. The van der Waals surface area contributed by atoms with Crippen molar-refractivity contribution in [1.82, 2.24) is 15.5 Å². The quantitative estimate of drug-likeness (QED) is 0.531. The number of ether oxygens (including phenoxy) is 1. The molecule has 2 fully saturated rings. The normalized spacial score (nSPS) is 19.9. The third kappa shape index (κ3) is 5.55. The van der Waals surface area contributed by atoms with E-state index in [9.17, 15) is 8.78 Å². The summed E-state index contributed by atoms with van der Waals surface area (Å²) in [5.74, 6) is -0.359. The van der Waals surface area contributed by atoms with E-state index in [-0.39, 0.29) is 11.7 Å². The number of rotatable bonds is 6. The molecule has 0 saturated carbocycles. The van der Waals surface area contributed by atoms with Crippen LogP contribution < -0.4 is 15.5 Å². The number of hydrogen-bond acceptors (Lipinski definition) is 4. The zero-order valence-electron chi connectivity index (χ0n) is 18.5. The standard InChI is InChI=1S/C24H31F2N5O/c1-27-24(29-20-9-10-31(17-20)23-21(25)7-4-8-22(23)26)28-15-18-5-2-3-6-19(18)16-30-11-13-32-14-12-30/h2-8,20H,9-17H2,1H3,(H2,27,28,29). The van der Waals surface area contributed by atoms with Crippen molar-refractivity contribution in [3.63, 3.8) is 0 Å². The second-order valence-corrected chi connectivity index (χ2v) is 8.23. The second kappa shape index (κ2) is 10.7. The number of aliphatic imine (C=N–C) groups is 1. The summed E-state index contributed by atoms with van der Waals surface area (Å²) in [6, 6.07) is 12.5. The highest BCUT2D eigenvalue weighted by atomic mass is 19.1. The molecule has 0 aromatic heterocycles. The molecule has 6 nitrogen and oxygen atoms in total. The first kappa shape index (κ1) is 22.5. The first-order valence-electron chi connectivity index (χ1n) is 11.2. The van der Waals surface area contributed by atoms with Gasteiger partial charge < -0.3 is 20.3 Å². The lowest BCUT2D eigenvalue weighted by molar-refractivity contribution is 0.0341. The Kier molecular flexibility index (Phi) is 7.55. The predicted molar refractivity (Wildman–Crippen MR) is 123 cm³/mol. The maximum atomic E-state index is 14.1. The van der Waals surface area contributed by atoms with Crippen LogP contribution in [-0.4, -0.2) is 63.3 Å². The van der Waals surface area contributed by atoms with Crippen molar-refractivity contribution in [2.24, 2.45) is 4.99 Å². The van der Waals surface area contributed by atoms with Crippen molar-refractivity contribution < 1.29 is 13.5 Å². The molecule has 32 heavy (non-hydrogen) atoms. The smallest absolute Gasteiger partial charge is 0.191 e. The molecular weight excluding hydrogens is 412 g/mol. The van der Waals surface area contributed by atoms with Gasteiger partial charge in [-0.25, -0.2) is 8.78 Å². The van der Waals surface area contributed by atoms with E-state index in [0.717, 1.165) is 39.3 Å². The van der Waals surface area contributed by atoms with Crippen molar-refractivity contribution in [2.45, 2.75) is 25.6 Å². The Hall–Kier alpha value is -2.71. The summed E-state index contributed by atoms with van der Waals surface area (Å²) >= 11 is 0. The monoisotopic (exact) mass is 443 g/mol. The minimum Gasteiger partial charge on any atom is -0.379 e. The summed E-state index contributed by atoms with van der Waals surface area (Å²) < 4.78 is 33.7. The van der Waals surface area contributed by atoms with Crippen molar-refractivity contribution >= 4 is 11.6 Å². The minimum absolute atomic E-state index is 0.0526. The summed E-state index contributed by atoms with van der Waals surface area (Å²) in [5, 5.41) is 6.80. The van der Waals surface area contributed by atoms with Crippen LogP contribution in [0.15, 0.2) is 47.5 Å². The molecule has 172 valence electrons. The maximum Gasteiger partial charge on any atom is 0.191 e. The summed E-state index contributed by atoms with van der Waals surface area (Å²) in [6.45, 7) is 6.13. The van der Waals surface area contributed by atoms with Gasteiger partial charge in [-0.15, -0.1) is 0 Å². The number of benzene rings is 2. The third-order valence-corrected chi connectivity index (χ3v) is 6.07. The van der Waals surface area contributed by atoms with Gasteiger partial charge in [-0.05, 0) is 29.7 Å². The molecule has 2 aliphatic heterocycles. The van der Waals surface area contributed by atoms with E-state index in [1.807, 2.05) is 6.07 Å². The number of hydrogen-bond donors (Lipinski definition) is 2. The van der Waals surface area contributed by atoms with Gasteiger partial charge in [0.15, 0.2) is 5.96 Å². The van der Waals surface area contributed by atoms with Crippen LogP contribution in [0.3, 0.4) is 0 Å². The molecule has 1 atom stereocenters. The van der Waals surface area contributed by atoms with E-state index in [0.29, 0.717) is 25.6 Å². The average Bonchev–Trinajstić information content (AvgIpc) is 3.26. The molecule has 8 heteroatoms. The van der Waals surface area contributed by atoms with Crippen LogP contribution in [0.1, 0.15) is 17.5 Å². The van der Waals surface area contributed by atoms with Crippen molar-refractivity contribution in [3.05, 3.63) is 65.2 Å². The molecule has 4 rings (SSSR count). The molecule has 0 radical (unpaired) electrons. The van der Waals surface area contributed by atoms with E-state index >= 15 is 0 Å². The molecule has 2 heterocycles. The molecule has 0 aliphatic carbocycles. The lowest BCUT2D eigenvalue weighted by atomic mass is 10.1. The molecule has 0 bridgehead atoms. The number of nitrogens with one attached hydrogen (secondary N) is 2. The molecule has 2 saturated heterocycles. The first-order valence-corrected chi connectivity index (χ1v) is 11.2. The lowest BCUT2D eigenvalue weighted by Gasteiger charge is -2.27.